The summed E-state index contributed by atoms with van der Waals surface area (Å²) >= 11 is 0. The molecule has 136 valence electrons. The SMILES string of the molecule is Cc1ccc(Nc2nc(Nc3ccccc3)nc(NC(C)C)n2)cc1.Cl. The number of nitrogens with zero attached hydrogens (tertiary/aromatic N) is 3. The van der Waals surface area contributed by atoms with E-state index in [-0.39, 0.29) is 18.4 Å². The van der Waals surface area contributed by atoms with E-state index in [9.17, 15) is 0 Å². The van der Waals surface area contributed by atoms with Gasteiger partial charge in [0.1, 0.15) is 0 Å². The van der Waals surface area contributed by atoms with E-state index in [0.29, 0.717) is 17.8 Å². The molecule has 26 heavy (non-hydrogen) atoms. The Kier molecular flexibility index (Phi) is 6.74. The maximum atomic E-state index is 4.47. The number of rotatable bonds is 6. The molecule has 0 spiro atoms. The number of hydrogen-bond donors (Lipinski definition) is 3. The monoisotopic (exact) mass is 370 g/mol. The fourth-order valence-electron chi connectivity index (χ4n) is 2.23. The van der Waals surface area contributed by atoms with Gasteiger partial charge in [-0.15, -0.1) is 12.4 Å². The van der Waals surface area contributed by atoms with Crippen LogP contribution in [0.15, 0.2) is 54.6 Å². The van der Waals surface area contributed by atoms with E-state index >= 15 is 0 Å². The number of benzene rings is 2. The van der Waals surface area contributed by atoms with Crippen LogP contribution in [0.3, 0.4) is 0 Å². The van der Waals surface area contributed by atoms with Gasteiger partial charge in [-0.1, -0.05) is 35.9 Å². The first kappa shape index (κ1) is 19.5. The molecule has 0 amide bonds. The molecule has 0 atom stereocenters. The second kappa shape index (κ2) is 9.01. The Hall–Kier alpha value is -2.86. The molecule has 0 aliphatic rings. The number of halogens is 1. The second-order valence-corrected chi connectivity index (χ2v) is 6.09. The quantitative estimate of drug-likeness (QED) is 0.572. The largest absolute Gasteiger partial charge is 0.352 e. The summed E-state index contributed by atoms with van der Waals surface area (Å²) in [6.07, 6.45) is 0. The Morgan fingerprint density at radius 2 is 1.19 bits per heavy atom. The van der Waals surface area contributed by atoms with Crippen LogP contribution in [-0.4, -0.2) is 21.0 Å². The van der Waals surface area contributed by atoms with Crippen LogP contribution in [0.2, 0.25) is 0 Å². The maximum Gasteiger partial charge on any atom is 0.233 e. The Morgan fingerprint density at radius 3 is 1.73 bits per heavy atom. The predicted octanol–water partition coefficient (Wildman–Crippen LogP) is 4.91. The standard InChI is InChI=1S/C19H22N6.ClH/c1-13(2)20-17-23-18(21-15-7-5-4-6-8-15)25-19(24-17)22-16-11-9-14(3)10-12-16;/h4-13H,1-3H3,(H3,20,21,22,23,24,25);1H. The highest BCUT2D eigenvalue weighted by Gasteiger charge is 2.08. The van der Waals surface area contributed by atoms with Crippen molar-refractivity contribution in [3.05, 3.63) is 60.2 Å². The minimum absolute atomic E-state index is 0. The molecule has 3 aromatic rings. The van der Waals surface area contributed by atoms with Crippen molar-refractivity contribution in [3.8, 4) is 0 Å². The Morgan fingerprint density at radius 1 is 0.692 bits per heavy atom. The Labute approximate surface area is 159 Å². The molecule has 0 saturated heterocycles. The second-order valence-electron chi connectivity index (χ2n) is 6.09. The molecule has 0 aliphatic carbocycles. The zero-order valence-electron chi connectivity index (χ0n) is 15.0. The van der Waals surface area contributed by atoms with Gasteiger partial charge in [0, 0.05) is 17.4 Å². The zero-order valence-corrected chi connectivity index (χ0v) is 15.8. The van der Waals surface area contributed by atoms with Gasteiger partial charge in [0.05, 0.1) is 0 Å². The highest BCUT2D eigenvalue weighted by atomic mass is 35.5. The first-order valence-corrected chi connectivity index (χ1v) is 8.27. The van der Waals surface area contributed by atoms with E-state index in [4.69, 9.17) is 0 Å². The molecule has 2 aromatic carbocycles. The smallest absolute Gasteiger partial charge is 0.233 e. The van der Waals surface area contributed by atoms with E-state index in [1.54, 1.807) is 0 Å². The topological polar surface area (TPSA) is 74.8 Å². The van der Waals surface area contributed by atoms with Gasteiger partial charge in [-0.3, -0.25) is 0 Å². The summed E-state index contributed by atoms with van der Waals surface area (Å²) in [5, 5.41) is 9.66. The average molecular weight is 371 g/mol. The fraction of sp³-hybridized carbons (Fsp3) is 0.211. The molecular weight excluding hydrogens is 348 g/mol. The molecule has 0 radical (unpaired) electrons. The summed E-state index contributed by atoms with van der Waals surface area (Å²) in [6.45, 7) is 6.14. The molecule has 1 aromatic heterocycles. The van der Waals surface area contributed by atoms with E-state index < -0.39 is 0 Å². The predicted molar refractivity (Wildman–Crippen MR) is 110 cm³/mol. The molecule has 0 saturated carbocycles. The van der Waals surface area contributed by atoms with Gasteiger partial charge in [-0.05, 0) is 45.0 Å². The summed E-state index contributed by atoms with van der Waals surface area (Å²) in [4.78, 5) is 13.4. The van der Waals surface area contributed by atoms with E-state index in [0.717, 1.165) is 11.4 Å². The van der Waals surface area contributed by atoms with Crippen molar-refractivity contribution in [2.75, 3.05) is 16.0 Å². The van der Waals surface area contributed by atoms with Gasteiger partial charge in [-0.2, -0.15) is 15.0 Å². The van der Waals surface area contributed by atoms with Crippen molar-refractivity contribution in [2.45, 2.75) is 26.8 Å². The maximum absolute atomic E-state index is 4.47. The van der Waals surface area contributed by atoms with Crippen molar-refractivity contribution >= 4 is 41.6 Å². The third kappa shape index (κ3) is 5.60. The van der Waals surface area contributed by atoms with Crippen molar-refractivity contribution < 1.29 is 0 Å². The van der Waals surface area contributed by atoms with Crippen molar-refractivity contribution in [1.82, 2.24) is 15.0 Å². The van der Waals surface area contributed by atoms with Crippen molar-refractivity contribution in [1.29, 1.82) is 0 Å². The number of aromatic nitrogens is 3. The first-order chi connectivity index (χ1) is 12.1. The lowest BCUT2D eigenvalue weighted by Gasteiger charge is -2.13. The van der Waals surface area contributed by atoms with Crippen LogP contribution in [-0.2, 0) is 0 Å². The molecule has 3 rings (SSSR count). The zero-order chi connectivity index (χ0) is 17.6. The van der Waals surface area contributed by atoms with Gasteiger partial charge in [-0.25, -0.2) is 0 Å². The van der Waals surface area contributed by atoms with Crippen LogP contribution >= 0.6 is 12.4 Å². The summed E-state index contributed by atoms with van der Waals surface area (Å²) < 4.78 is 0. The summed E-state index contributed by atoms with van der Waals surface area (Å²) in [7, 11) is 0. The Bertz CT molecular complexity index is 821. The molecular formula is C19H23ClN6. The van der Waals surface area contributed by atoms with E-state index in [1.807, 2.05) is 68.4 Å². The highest BCUT2D eigenvalue weighted by Crippen LogP contribution is 2.19. The molecule has 7 heteroatoms. The van der Waals surface area contributed by atoms with Gasteiger partial charge in [0.25, 0.3) is 0 Å². The summed E-state index contributed by atoms with van der Waals surface area (Å²) in [5.74, 6) is 1.50. The molecule has 0 unspecified atom stereocenters. The number of hydrogen-bond acceptors (Lipinski definition) is 6. The Balaban J connectivity index is 0.00000243. The minimum atomic E-state index is 0. The first-order valence-electron chi connectivity index (χ1n) is 8.27. The average Bonchev–Trinajstić information content (AvgIpc) is 2.57. The molecule has 1 heterocycles. The lowest BCUT2D eigenvalue weighted by Crippen LogP contribution is -2.15. The van der Waals surface area contributed by atoms with Crippen LogP contribution in [0.4, 0.5) is 29.2 Å². The summed E-state index contributed by atoms with van der Waals surface area (Å²) in [6, 6.07) is 18.1. The molecule has 0 fully saturated rings. The lowest BCUT2D eigenvalue weighted by molar-refractivity contribution is 0.869. The molecule has 0 aliphatic heterocycles. The van der Waals surface area contributed by atoms with Gasteiger partial charge < -0.3 is 16.0 Å². The third-order valence-electron chi connectivity index (χ3n) is 3.39. The molecule has 6 nitrogen and oxygen atoms in total. The van der Waals surface area contributed by atoms with Crippen LogP contribution in [0.25, 0.3) is 0 Å². The normalized spacial score (nSPS) is 10.2. The minimum Gasteiger partial charge on any atom is -0.352 e. The number of aryl methyl sites for hydroxylation is 1. The van der Waals surface area contributed by atoms with Gasteiger partial charge >= 0.3 is 0 Å². The highest BCUT2D eigenvalue weighted by molar-refractivity contribution is 5.85. The van der Waals surface area contributed by atoms with Crippen LogP contribution in [0, 0.1) is 6.92 Å². The molecule has 0 bridgehead atoms. The van der Waals surface area contributed by atoms with Crippen LogP contribution < -0.4 is 16.0 Å². The van der Waals surface area contributed by atoms with Crippen molar-refractivity contribution in [3.63, 3.8) is 0 Å². The van der Waals surface area contributed by atoms with Gasteiger partial charge in [0.2, 0.25) is 17.8 Å². The number of nitrogens with one attached hydrogen (secondary N) is 3. The number of para-hydroxylation sites is 1. The van der Waals surface area contributed by atoms with Gasteiger partial charge in [0.15, 0.2) is 0 Å². The van der Waals surface area contributed by atoms with Crippen molar-refractivity contribution in [2.24, 2.45) is 0 Å². The van der Waals surface area contributed by atoms with Crippen LogP contribution in [0.1, 0.15) is 19.4 Å². The number of anilines is 5. The fourth-order valence-corrected chi connectivity index (χ4v) is 2.23. The lowest BCUT2D eigenvalue weighted by atomic mass is 10.2. The third-order valence-corrected chi connectivity index (χ3v) is 3.39. The van der Waals surface area contributed by atoms with E-state index in [2.05, 4.69) is 37.8 Å². The summed E-state index contributed by atoms with van der Waals surface area (Å²) in [5.41, 5.74) is 3.05. The van der Waals surface area contributed by atoms with E-state index in [1.165, 1.54) is 5.56 Å². The van der Waals surface area contributed by atoms with Crippen LogP contribution in [0.5, 0.6) is 0 Å². The molecule has 3 N–H and O–H groups in total.